The minimum atomic E-state index is -1.55. The van der Waals surface area contributed by atoms with Crippen molar-refractivity contribution in [3.05, 3.63) is 34.0 Å². The molecule has 1 saturated carbocycles. The van der Waals surface area contributed by atoms with Crippen LogP contribution in [0.25, 0.3) is 0 Å². The quantitative estimate of drug-likeness (QED) is 0.812. The lowest BCUT2D eigenvalue weighted by molar-refractivity contribution is 0.273. The van der Waals surface area contributed by atoms with Crippen LogP contribution in [0.4, 0.5) is 0 Å². The molecule has 0 aliphatic heterocycles. The van der Waals surface area contributed by atoms with Crippen LogP contribution < -0.4 is 0 Å². The second kappa shape index (κ2) is 6.23. The van der Waals surface area contributed by atoms with Crippen LogP contribution in [-0.2, 0) is 0 Å². The Kier molecular flexibility index (Phi) is 4.27. The number of hydrogen-bond acceptors (Lipinski definition) is 5. The Bertz CT molecular complexity index is 786. The van der Waals surface area contributed by atoms with Crippen LogP contribution in [0.15, 0.2) is 29.2 Å². The van der Waals surface area contributed by atoms with E-state index in [0.29, 0.717) is 5.92 Å². The first-order chi connectivity index (χ1) is 11.6. The molecule has 2 aliphatic rings. The zero-order chi connectivity index (χ0) is 17.3. The minimum absolute atomic E-state index is 0.0135. The largest absolute Gasteiger partial charge is 0.305 e. The topological polar surface area (TPSA) is 95.2 Å². The molecule has 0 amide bonds. The summed E-state index contributed by atoms with van der Waals surface area (Å²) in [5.41, 5.74) is -0.652. The Morgan fingerprint density at radius 2 is 2.08 bits per heavy atom. The van der Waals surface area contributed by atoms with Gasteiger partial charge in [-0.15, -0.1) is 11.3 Å². The second-order valence-electron chi connectivity index (χ2n) is 6.56. The number of fused-ring (bicyclic) bond motifs is 1. The van der Waals surface area contributed by atoms with Crippen molar-refractivity contribution in [3.63, 3.8) is 0 Å². The molecule has 3 rings (SSSR count). The Hall–Kier alpha value is -2.42. The van der Waals surface area contributed by atoms with E-state index in [1.165, 1.54) is 11.3 Å². The molecule has 0 aromatic carbocycles. The van der Waals surface area contributed by atoms with Crippen LogP contribution >= 0.6 is 11.3 Å². The number of nitriles is 3. The van der Waals surface area contributed by atoms with Crippen LogP contribution in [0.5, 0.6) is 0 Å². The maximum Gasteiger partial charge on any atom is 0.190 e. The highest BCUT2D eigenvalue weighted by molar-refractivity contribution is 7.10. The summed E-state index contributed by atoms with van der Waals surface area (Å²) < 4.78 is 0. The summed E-state index contributed by atoms with van der Waals surface area (Å²) >= 11 is 1.53. The molecule has 2 aliphatic carbocycles. The zero-order valence-electron chi connectivity index (χ0n) is 13.5. The maximum atomic E-state index is 9.87. The van der Waals surface area contributed by atoms with Crippen molar-refractivity contribution in [2.24, 2.45) is 23.2 Å². The first-order valence-corrected chi connectivity index (χ1v) is 9.05. The zero-order valence-corrected chi connectivity index (χ0v) is 14.3. The highest BCUT2D eigenvalue weighted by Gasteiger charge is 2.57. The predicted octanol–water partition coefficient (Wildman–Crippen LogP) is 4.40. The maximum absolute atomic E-state index is 9.87. The van der Waals surface area contributed by atoms with E-state index in [9.17, 15) is 15.8 Å². The van der Waals surface area contributed by atoms with Gasteiger partial charge in [0.15, 0.2) is 5.41 Å². The van der Waals surface area contributed by atoms with Gasteiger partial charge in [0, 0.05) is 10.8 Å². The third kappa shape index (κ3) is 2.19. The van der Waals surface area contributed by atoms with Crippen molar-refractivity contribution in [1.82, 2.24) is 0 Å². The van der Waals surface area contributed by atoms with Crippen molar-refractivity contribution in [2.75, 3.05) is 0 Å². The standard InChI is InChI=1S/C19H18N4S/c1-2-12-5-6-13-14(8-12)17(16-4-3-7-24-16)19(10-21,11-22)18(23)15(13)9-20/h3-4,6-7,12,14-15,17,23H,2,5,8H2,1H3/t12-,14-,15?,17+/m0/s1. The van der Waals surface area contributed by atoms with E-state index in [2.05, 4.69) is 31.2 Å². The van der Waals surface area contributed by atoms with Gasteiger partial charge in [0.1, 0.15) is 5.92 Å². The Morgan fingerprint density at radius 1 is 1.33 bits per heavy atom. The molecule has 0 bridgehead atoms. The van der Waals surface area contributed by atoms with E-state index in [-0.39, 0.29) is 17.5 Å². The molecule has 5 heteroatoms. The molecule has 1 aromatic heterocycles. The molecule has 4 atom stereocenters. The van der Waals surface area contributed by atoms with Crippen molar-refractivity contribution >= 4 is 17.0 Å². The van der Waals surface area contributed by atoms with E-state index in [0.717, 1.165) is 29.7 Å². The van der Waals surface area contributed by atoms with E-state index >= 15 is 0 Å². The number of allylic oxidation sites excluding steroid dienone is 2. The Morgan fingerprint density at radius 3 is 2.62 bits per heavy atom. The summed E-state index contributed by atoms with van der Waals surface area (Å²) in [7, 11) is 0. The summed E-state index contributed by atoms with van der Waals surface area (Å²) in [5, 5.41) is 39.8. The smallest absolute Gasteiger partial charge is 0.190 e. The normalized spacial score (nSPS) is 31.1. The molecule has 0 saturated heterocycles. The van der Waals surface area contributed by atoms with Gasteiger partial charge in [0.05, 0.1) is 23.9 Å². The summed E-state index contributed by atoms with van der Waals surface area (Å²) in [6.07, 6.45) is 4.93. The third-order valence-corrected chi connectivity index (χ3v) is 6.48. The third-order valence-electron chi connectivity index (χ3n) is 5.53. The number of nitrogens with zero attached hydrogens (tertiary/aromatic N) is 3. The molecule has 1 aromatic rings. The highest BCUT2D eigenvalue weighted by atomic mass is 32.1. The van der Waals surface area contributed by atoms with Crippen molar-refractivity contribution in [2.45, 2.75) is 32.1 Å². The molecule has 1 unspecified atom stereocenters. The first kappa shape index (κ1) is 16.4. The van der Waals surface area contributed by atoms with E-state index in [1.54, 1.807) is 0 Å². The SMILES string of the molecule is CC[C@H]1CC=C2C(C#N)C(=N)C(C#N)(C#N)[C@@H](c3cccs3)[C@H]2C1. The lowest BCUT2D eigenvalue weighted by Gasteiger charge is -2.46. The van der Waals surface area contributed by atoms with Gasteiger partial charge in [-0.25, -0.2) is 0 Å². The van der Waals surface area contributed by atoms with Gasteiger partial charge >= 0.3 is 0 Å². The van der Waals surface area contributed by atoms with Gasteiger partial charge in [-0.2, -0.15) is 15.8 Å². The molecule has 4 nitrogen and oxygen atoms in total. The van der Waals surface area contributed by atoms with Gasteiger partial charge < -0.3 is 5.41 Å². The molecule has 24 heavy (non-hydrogen) atoms. The molecule has 1 heterocycles. The number of thiophene rings is 1. The van der Waals surface area contributed by atoms with Gasteiger partial charge in [-0.05, 0) is 41.7 Å². The van der Waals surface area contributed by atoms with Crippen LogP contribution in [0.1, 0.15) is 37.0 Å². The van der Waals surface area contributed by atoms with E-state index < -0.39 is 11.3 Å². The Labute approximate surface area is 146 Å². The predicted molar refractivity (Wildman–Crippen MR) is 92.1 cm³/mol. The van der Waals surface area contributed by atoms with E-state index in [4.69, 9.17) is 5.41 Å². The minimum Gasteiger partial charge on any atom is -0.305 e. The lowest BCUT2D eigenvalue weighted by Crippen LogP contribution is -2.49. The summed E-state index contributed by atoms with van der Waals surface area (Å²) in [5.74, 6) is -0.614. The van der Waals surface area contributed by atoms with Crippen molar-refractivity contribution in [3.8, 4) is 18.2 Å². The van der Waals surface area contributed by atoms with Crippen LogP contribution in [-0.4, -0.2) is 5.71 Å². The average molecular weight is 334 g/mol. The first-order valence-electron chi connectivity index (χ1n) is 8.17. The van der Waals surface area contributed by atoms with Gasteiger partial charge in [0.2, 0.25) is 0 Å². The number of hydrogen-bond donors (Lipinski definition) is 1. The molecule has 0 spiro atoms. The second-order valence-corrected chi connectivity index (χ2v) is 7.54. The van der Waals surface area contributed by atoms with Crippen molar-refractivity contribution < 1.29 is 0 Å². The molecule has 120 valence electrons. The average Bonchev–Trinajstić information content (AvgIpc) is 3.14. The van der Waals surface area contributed by atoms with Crippen LogP contribution in [0.2, 0.25) is 0 Å². The molecule has 1 N–H and O–H groups in total. The molecule has 1 fully saturated rings. The fraction of sp³-hybridized carbons (Fsp3) is 0.474. The fourth-order valence-corrected chi connectivity index (χ4v) is 5.17. The van der Waals surface area contributed by atoms with Gasteiger partial charge in [-0.1, -0.05) is 25.5 Å². The molecular formula is C19H18N4S. The van der Waals surface area contributed by atoms with E-state index in [1.807, 2.05) is 17.5 Å². The van der Waals surface area contributed by atoms with Gasteiger partial charge in [-0.3, -0.25) is 0 Å². The Balaban J connectivity index is 2.23. The summed E-state index contributed by atoms with van der Waals surface area (Å²) in [6, 6.07) is 10.3. The van der Waals surface area contributed by atoms with Crippen LogP contribution in [0.3, 0.4) is 0 Å². The number of rotatable bonds is 2. The fourth-order valence-electron chi connectivity index (χ4n) is 4.21. The van der Waals surface area contributed by atoms with Crippen LogP contribution in [0, 0.1) is 62.6 Å². The van der Waals surface area contributed by atoms with Crippen molar-refractivity contribution in [1.29, 1.82) is 21.2 Å². The summed E-state index contributed by atoms with van der Waals surface area (Å²) in [4.78, 5) is 0.965. The summed E-state index contributed by atoms with van der Waals surface area (Å²) in [6.45, 7) is 2.15. The number of nitrogens with one attached hydrogen (secondary N) is 1. The monoisotopic (exact) mass is 334 g/mol. The van der Waals surface area contributed by atoms with Gasteiger partial charge in [0.25, 0.3) is 0 Å². The molecule has 0 radical (unpaired) electrons. The highest BCUT2D eigenvalue weighted by Crippen LogP contribution is 2.56. The molecular weight excluding hydrogens is 316 g/mol. The lowest BCUT2D eigenvalue weighted by atomic mass is 9.53.